The first kappa shape index (κ1) is 15.8. The Morgan fingerprint density at radius 2 is 1.96 bits per heavy atom. The molecule has 1 aliphatic heterocycles. The third-order valence-electron chi connectivity index (χ3n) is 3.81. The van der Waals surface area contributed by atoms with Crippen LogP contribution in [-0.4, -0.2) is 33.1 Å². The van der Waals surface area contributed by atoms with Crippen LogP contribution in [0.25, 0.3) is 0 Å². The van der Waals surface area contributed by atoms with Crippen LogP contribution in [0.3, 0.4) is 0 Å². The number of phenolic OH excluding ortho intramolecular Hbond substituents is 3. The van der Waals surface area contributed by atoms with Crippen molar-refractivity contribution in [2.75, 3.05) is 6.61 Å². The minimum Gasteiger partial charge on any atom is -0.508 e. The lowest BCUT2D eigenvalue weighted by atomic mass is 9.94. The van der Waals surface area contributed by atoms with Gasteiger partial charge in [-0.05, 0) is 17.7 Å². The number of phenols is 3. The van der Waals surface area contributed by atoms with Gasteiger partial charge in [-0.2, -0.15) is 0 Å². The van der Waals surface area contributed by atoms with Gasteiger partial charge in [-0.15, -0.1) is 6.42 Å². The fourth-order valence-electron chi connectivity index (χ4n) is 2.70. The van der Waals surface area contributed by atoms with Crippen molar-refractivity contribution >= 4 is 0 Å². The highest BCUT2D eigenvalue weighted by atomic mass is 16.5. The molecular formula is C18H16O6. The normalized spacial score (nSPS) is 19.0. The Labute approximate surface area is 138 Å². The largest absolute Gasteiger partial charge is 0.508 e. The van der Waals surface area contributed by atoms with Gasteiger partial charge in [0.1, 0.15) is 30.0 Å². The number of aliphatic hydroxyl groups excluding tert-OH is 1. The number of rotatable bonds is 3. The number of hydrogen-bond donors (Lipinski definition) is 4. The van der Waals surface area contributed by atoms with Crippen LogP contribution in [0.4, 0.5) is 0 Å². The van der Waals surface area contributed by atoms with Crippen molar-refractivity contribution < 1.29 is 29.9 Å². The highest BCUT2D eigenvalue weighted by molar-refractivity contribution is 5.52. The van der Waals surface area contributed by atoms with Gasteiger partial charge in [0.25, 0.3) is 0 Å². The molecule has 3 rings (SSSR count). The monoisotopic (exact) mass is 328 g/mol. The molecule has 2 atom stereocenters. The average molecular weight is 328 g/mol. The molecule has 0 spiro atoms. The first-order chi connectivity index (χ1) is 11.5. The zero-order chi connectivity index (χ0) is 17.3. The summed E-state index contributed by atoms with van der Waals surface area (Å²) in [5.74, 6) is 2.43. The summed E-state index contributed by atoms with van der Waals surface area (Å²) in [7, 11) is 0. The minimum atomic E-state index is -0.926. The summed E-state index contributed by atoms with van der Waals surface area (Å²) in [5.41, 5.74) is 0.955. The van der Waals surface area contributed by atoms with Crippen LogP contribution in [0, 0.1) is 12.3 Å². The molecule has 0 aromatic heterocycles. The van der Waals surface area contributed by atoms with Gasteiger partial charge in [-0.3, -0.25) is 0 Å². The zero-order valence-corrected chi connectivity index (χ0v) is 12.6. The van der Waals surface area contributed by atoms with Gasteiger partial charge in [0.2, 0.25) is 0 Å². The van der Waals surface area contributed by atoms with E-state index in [-0.39, 0.29) is 41.8 Å². The van der Waals surface area contributed by atoms with E-state index in [0.29, 0.717) is 11.1 Å². The lowest BCUT2D eigenvalue weighted by molar-refractivity contribution is 0.0197. The van der Waals surface area contributed by atoms with Crippen LogP contribution in [0.1, 0.15) is 17.2 Å². The maximum absolute atomic E-state index is 10.3. The molecule has 124 valence electrons. The summed E-state index contributed by atoms with van der Waals surface area (Å²) in [4.78, 5) is 0. The van der Waals surface area contributed by atoms with Crippen LogP contribution in [0.15, 0.2) is 30.3 Å². The first-order valence-corrected chi connectivity index (χ1v) is 7.28. The topological polar surface area (TPSA) is 99.4 Å². The first-order valence-electron chi connectivity index (χ1n) is 7.28. The molecule has 24 heavy (non-hydrogen) atoms. The predicted molar refractivity (Wildman–Crippen MR) is 85.3 cm³/mol. The van der Waals surface area contributed by atoms with Crippen LogP contribution < -0.4 is 9.47 Å². The van der Waals surface area contributed by atoms with Gasteiger partial charge in [0, 0.05) is 24.1 Å². The molecule has 6 heteroatoms. The molecule has 0 bridgehead atoms. The number of hydrogen-bond acceptors (Lipinski definition) is 6. The summed E-state index contributed by atoms with van der Waals surface area (Å²) in [6, 6.07) is 7.17. The fourth-order valence-corrected chi connectivity index (χ4v) is 2.70. The molecule has 4 N–H and O–H groups in total. The molecule has 2 unspecified atom stereocenters. The maximum atomic E-state index is 10.3. The summed E-state index contributed by atoms with van der Waals surface area (Å²) in [5, 5.41) is 39.8. The van der Waals surface area contributed by atoms with Crippen molar-refractivity contribution in [1.29, 1.82) is 0 Å². The Kier molecular flexibility index (Phi) is 4.11. The Bertz CT molecular complexity index is 808. The molecule has 0 saturated carbocycles. The van der Waals surface area contributed by atoms with Crippen LogP contribution in [0.5, 0.6) is 28.7 Å². The zero-order valence-electron chi connectivity index (χ0n) is 12.6. The number of fused-ring (bicyclic) bond motifs is 1. The van der Waals surface area contributed by atoms with Crippen LogP contribution in [0.2, 0.25) is 0 Å². The molecule has 2 aromatic rings. The molecule has 0 aliphatic carbocycles. The van der Waals surface area contributed by atoms with Crippen LogP contribution >= 0.6 is 0 Å². The van der Waals surface area contributed by atoms with Gasteiger partial charge in [-0.25, -0.2) is 0 Å². The maximum Gasteiger partial charge on any atom is 0.162 e. The molecular weight excluding hydrogens is 312 g/mol. The summed E-state index contributed by atoms with van der Waals surface area (Å²) >= 11 is 0. The molecule has 1 heterocycles. The molecule has 1 aliphatic rings. The molecule has 0 amide bonds. The number of ether oxygens (including phenoxy) is 2. The Morgan fingerprint density at radius 1 is 1.17 bits per heavy atom. The van der Waals surface area contributed by atoms with E-state index in [0.717, 1.165) is 0 Å². The standard InChI is InChI=1S/C18H16O6/c1-2-5-23-16-4-3-10(6-14(16)21)18-15(22)9-12-13(20)7-11(19)8-17(12)24-18/h1,3-4,6-8,15,18-22H,5,9H2. The number of aromatic hydroxyl groups is 3. The molecule has 0 saturated heterocycles. The third-order valence-corrected chi connectivity index (χ3v) is 3.81. The highest BCUT2D eigenvalue weighted by Crippen LogP contribution is 2.42. The number of terminal acetylenes is 1. The Morgan fingerprint density at radius 3 is 2.67 bits per heavy atom. The van der Waals surface area contributed by atoms with Gasteiger partial charge in [0.15, 0.2) is 11.5 Å². The van der Waals surface area contributed by atoms with Gasteiger partial charge in [-0.1, -0.05) is 12.0 Å². The van der Waals surface area contributed by atoms with E-state index in [1.165, 1.54) is 24.3 Å². The minimum absolute atomic E-state index is 0.0292. The summed E-state index contributed by atoms with van der Waals surface area (Å²) < 4.78 is 10.9. The second-order valence-electron chi connectivity index (χ2n) is 5.47. The Balaban J connectivity index is 1.90. The lowest BCUT2D eigenvalue weighted by Crippen LogP contribution is -2.30. The smallest absolute Gasteiger partial charge is 0.162 e. The van der Waals surface area contributed by atoms with E-state index < -0.39 is 12.2 Å². The van der Waals surface area contributed by atoms with E-state index in [1.54, 1.807) is 6.07 Å². The van der Waals surface area contributed by atoms with Gasteiger partial charge < -0.3 is 29.9 Å². The second-order valence-corrected chi connectivity index (χ2v) is 5.47. The third kappa shape index (κ3) is 2.90. The van der Waals surface area contributed by atoms with Crippen molar-refractivity contribution in [2.45, 2.75) is 18.6 Å². The quantitative estimate of drug-likeness (QED) is 0.642. The van der Waals surface area contributed by atoms with E-state index in [1.807, 2.05) is 0 Å². The van der Waals surface area contributed by atoms with Gasteiger partial charge >= 0.3 is 0 Å². The molecule has 6 nitrogen and oxygen atoms in total. The molecule has 0 radical (unpaired) electrons. The SMILES string of the molecule is C#CCOc1ccc(C2Oc3cc(O)cc(O)c3CC2O)cc1O. The summed E-state index contributed by atoms with van der Waals surface area (Å²) in [6.45, 7) is 0.0292. The Hall–Kier alpha value is -3.04. The number of aliphatic hydroxyl groups is 1. The van der Waals surface area contributed by atoms with E-state index in [2.05, 4.69) is 5.92 Å². The van der Waals surface area contributed by atoms with Gasteiger partial charge in [0.05, 0.1) is 6.10 Å². The van der Waals surface area contributed by atoms with Crippen molar-refractivity contribution in [3.8, 4) is 41.1 Å². The van der Waals surface area contributed by atoms with Crippen molar-refractivity contribution in [3.63, 3.8) is 0 Å². The molecule has 2 aromatic carbocycles. The van der Waals surface area contributed by atoms with E-state index in [4.69, 9.17) is 15.9 Å². The van der Waals surface area contributed by atoms with E-state index >= 15 is 0 Å². The molecule has 0 fully saturated rings. The summed E-state index contributed by atoms with van der Waals surface area (Å²) in [6.07, 6.45) is 3.58. The van der Waals surface area contributed by atoms with Crippen LogP contribution in [-0.2, 0) is 6.42 Å². The van der Waals surface area contributed by atoms with Crippen molar-refractivity contribution in [3.05, 3.63) is 41.5 Å². The predicted octanol–water partition coefficient (Wildman–Crippen LogP) is 1.85. The lowest BCUT2D eigenvalue weighted by Gasteiger charge is -2.31. The van der Waals surface area contributed by atoms with E-state index in [9.17, 15) is 20.4 Å². The van der Waals surface area contributed by atoms with Crippen molar-refractivity contribution in [1.82, 2.24) is 0 Å². The van der Waals surface area contributed by atoms with Crippen molar-refractivity contribution in [2.24, 2.45) is 0 Å². The highest BCUT2D eigenvalue weighted by Gasteiger charge is 2.32. The average Bonchev–Trinajstić information content (AvgIpc) is 2.54. The number of benzene rings is 2. The fraction of sp³-hybridized carbons (Fsp3) is 0.222. The second kappa shape index (κ2) is 6.22.